The standard InChI is InChI=1S/C13H16N4O2S/c1-7-4-5-15-11(9(7)10(14)20)17-6-8(18)16-12(19)13(17,2)3/h4-5H,6H2,1-3H3,(H2,14,20)(H,16,18,19). The fourth-order valence-corrected chi connectivity index (χ4v) is 2.43. The van der Waals surface area contributed by atoms with E-state index in [9.17, 15) is 9.59 Å². The number of amides is 2. The molecule has 6 nitrogen and oxygen atoms in total. The number of nitrogens with zero attached hydrogens (tertiary/aromatic N) is 2. The van der Waals surface area contributed by atoms with Gasteiger partial charge in [0.1, 0.15) is 16.3 Å². The molecular weight excluding hydrogens is 276 g/mol. The van der Waals surface area contributed by atoms with Crippen LogP contribution < -0.4 is 16.0 Å². The van der Waals surface area contributed by atoms with Gasteiger partial charge in [0.05, 0.1) is 12.1 Å². The Morgan fingerprint density at radius 2 is 2.15 bits per heavy atom. The number of aromatic nitrogens is 1. The lowest BCUT2D eigenvalue weighted by molar-refractivity contribution is -0.135. The Labute approximate surface area is 122 Å². The van der Waals surface area contributed by atoms with Crippen molar-refractivity contribution >= 4 is 34.8 Å². The van der Waals surface area contributed by atoms with Crippen LogP contribution in [0.4, 0.5) is 5.82 Å². The van der Waals surface area contributed by atoms with E-state index in [1.807, 2.05) is 6.92 Å². The van der Waals surface area contributed by atoms with Crippen LogP contribution in [0.3, 0.4) is 0 Å². The van der Waals surface area contributed by atoms with Crippen molar-refractivity contribution in [3.63, 3.8) is 0 Å². The van der Waals surface area contributed by atoms with Crippen LogP contribution in [0, 0.1) is 6.92 Å². The lowest BCUT2D eigenvalue weighted by Gasteiger charge is -2.41. The second-order valence-electron chi connectivity index (χ2n) is 5.21. The van der Waals surface area contributed by atoms with E-state index in [4.69, 9.17) is 18.0 Å². The molecule has 0 bridgehead atoms. The molecule has 1 aromatic rings. The van der Waals surface area contributed by atoms with E-state index < -0.39 is 5.54 Å². The van der Waals surface area contributed by atoms with E-state index in [0.717, 1.165) is 5.56 Å². The Kier molecular flexibility index (Phi) is 3.47. The molecule has 0 saturated carbocycles. The molecule has 2 rings (SSSR count). The van der Waals surface area contributed by atoms with Crippen LogP contribution >= 0.6 is 12.2 Å². The molecule has 0 unspecified atom stereocenters. The van der Waals surface area contributed by atoms with Crippen LogP contribution in [0.1, 0.15) is 25.0 Å². The number of thiocarbonyl (C=S) groups is 1. The number of nitrogens with one attached hydrogen (secondary N) is 1. The lowest BCUT2D eigenvalue weighted by Crippen LogP contribution is -2.64. The van der Waals surface area contributed by atoms with Gasteiger partial charge in [-0.05, 0) is 32.4 Å². The fourth-order valence-electron chi connectivity index (χ4n) is 2.18. The van der Waals surface area contributed by atoms with Crippen molar-refractivity contribution in [1.82, 2.24) is 10.3 Å². The van der Waals surface area contributed by atoms with Crippen LogP contribution in [0.5, 0.6) is 0 Å². The van der Waals surface area contributed by atoms with Gasteiger partial charge in [-0.15, -0.1) is 0 Å². The Morgan fingerprint density at radius 1 is 1.50 bits per heavy atom. The van der Waals surface area contributed by atoms with E-state index in [-0.39, 0.29) is 23.3 Å². The minimum Gasteiger partial charge on any atom is -0.389 e. The van der Waals surface area contributed by atoms with E-state index in [2.05, 4.69) is 10.3 Å². The highest BCUT2D eigenvalue weighted by molar-refractivity contribution is 7.80. The van der Waals surface area contributed by atoms with Gasteiger partial charge in [-0.1, -0.05) is 12.2 Å². The monoisotopic (exact) mass is 292 g/mol. The molecule has 3 N–H and O–H groups in total. The Bertz CT molecular complexity index is 612. The summed E-state index contributed by atoms with van der Waals surface area (Å²) < 4.78 is 0. The molecule has 0 spiro atoms. The number of nitrogens with two attached hydrogens (primary N) is 1. The second-order valence-corrected chi connectivity index (χ2v) is 5.65. The minimum atomic E-state index is -0.908. The zero-order valence-corrected chi connectivity index (χ0v) is 12.4. The highest BCUT2D eigenvalue weighted by Crippen LogP contribution is 2.29. The number of anilines is 1. The summed E-state index contributed by atoms with van der Waals surface area (Å²) in [5, 5.41) is 2.32. The molecule has 1 saturated heterocycles. The number of carbonyl (C=O) groups excluding carboxylic acids is 2. The maximum Gasteiger partial charge on any atom is 0.251 e. The van der Waals surface area contributed by atoms with E-state index >= 15 is 0 Å². The van der Waals surface area contributed by atoms with Gasteiger partial charge in [-0.25, -0.2) is 4.98 Å². The number of piperazine rings is 1. The average molecular weight is 292 g/mol. The number of carbonyl (C=O) groups is 2. The van der Waals surface area contributed by atoms with E-state index in [1.54, 1.807) is 31.0 Å². The summed E-state index contributed by atoms with van der Waals surface area (Å²) in [6.07, 6.45) is 1.61. The second kappa shape index (κ2) is 4.82. The number of rotatable bonds is 2. The number of hydrogen-bond acceptors (Lipinski definition) is 5. The third kappa shape index (κ3) is 2.24. The first kappa shape index (κ1) is 14.4. The summed E-state index contributed by atoms with van der Waals surface area (Å²) in [6.45, 7) is 5.34. The van der Waals surface area contributed by atoms with E-state index in [1.165, 1.54) is 0 Å². The molecule has 1 fully saturated rings. The van der Waals surface area contributed by atoms with Crippen LogP contribution in [0.25, 0.3) is 0 Å². The van der Waals surface area contributed by atoms with Crippen LogP contribution in [-0.2, 0) is 9.59 Å². The van der Waals surface area contributed by atoms with Crippen molar-refractivity contribution in [3.05, 3.63) is 23.4 Å². The van der Waals surface area contributed by atoms with E-state index in [0.29, 0.717) is 11.4 Å². The lowest BCUT2D eigenvalue weighted by atomic mass is 9.97. The first-order chi connectivity index (χ1) is 9.25. The zero-order valence-electron chi connectivity index (χ0n) is 11.6. The van der Waals surface area contributed by atoms with Crippen LogP contribution in [-0.4, -0.2) is 33.9 Å². The molecule has 20 heavy (non-hydrogen) atoms. The van der Waals surface area contributed by atoms with Crippen molar-refractivity contribution in [2.75, 3.05) is 11.4 Å². The highest BCUT2D eigenvalue weighted by Gasteiger charge is 2.42. The topological polar surface area (TPSA) is 88.3 Å². The first-order valence-corrected chi connectivity index (χ1v) is 6.53. The van der Waals surface area contributed by atoms with Gasteiger partial charge in [0.15, 0.2) is 0 Å². The van der Waals surface area contributed by atoms with Crippen molar-refractivity contribution in [2.45, 2.75) is 26.3 Å². The Balaban J connectivity index is 2.60. The molecule has 2 heterocycles. The number of aryl methyl sites for hydroxylation is 1. The fraction of sp³-hybridized carbons (Fsp3) is 0.385. The van der Waals surface area contributed by atoms with Crippen LogP contribution in [0.15, 0.2) is 12.3 Å². The molecule has 106 valence electrons. The SMILES string of the molecule is Cc1ccnc(N2CC(=O)NC(=O)C2(C)C)c1C(N)=S. The zero-order chi connectivity index (χ0) is 15.1. The predicted molar refractivity (Wildman–Crippen MR) is 79.4 cm³/mol. The summed E-state index contributed by atoms with van der Waals surface area (Å²) >= 11 is 5.07. The van der Waals surface area contributed by atoms with Gasteiger partial charge in [0, 0.05) is 6.20 Å². The van der Waals surface area contributed by atoms with Gasteiger partial charge in [-0.3, -0.25) is 14.9 Å². The van der Waals surface area contributed by atoms with Crippen molar-refractivity contribution in [2.24, 2.45) is 5.73 Å². The maximum absolute atomic E-state index is 12.0. The summed E-state index contributed by atoms with van der Waals surface area (Å²) in [6, 6.07) is 1.79. The quantitative estimate of drug-likeness (QED) is 0.601. The molecule has 2 amide bonds. The molecule has 7 heteroatoms. The van der Waals surface area contributed by atoms with Gasteiger partial charge >= 0.3 is 0 Å². The first-order valence-electron chi connectivity index (χ1n) is 6.12. The van der Waals surface area contributed by atoms with Gasteiger partial charge in [-0.2, -0.15) is 0 Å². The maximum atomic E-state index is 12.0. The molecule has 0 aliphatic carbocycles. The number of imide groups is 1. The number of hydrogen-bond donors (Lipinski definition) is 2. The molecule has 1 aliphatic heterocycles. The summed E-state index contributed by atoms with van der Waals surface area (Å²) in [7, 11) is 0. The molecule has 1 aliphatic rings. The minimum absolute atomic E-state index is 0.0325. The highest BCUT2D eigenvalue weighted by atomic mass is 32.1. The molecular formula is C13H16N4O2S. The van der Waals surface area contributed by atoms with Crippen molar-refractivity contribution in [3.8, 4) is 0 Å². The summed E-state index contributed by atoms with van der Waals surface area (Å²) in [4.78, 5) is 29.8. The molecule has 1 aromatic heterocycles. The largest absolute Gasteiger partial charge is 0.389 e. The Morgan fingerprint density at radius 3 is 2.75 bits per heavy atom. The number of pyridine rings is 1. The Hall–Kier alpha value is -2.02. The molecule has 0 aromatic carbocycles. The van der Waals surface area contributed by atoms with Gasteiger partial charge in [0.25, 0.3) is 5.91 Å². The van der Waals surface area contributed by atoms with Gasteiger partial charge in [0.2, 0.25) is 5.91 Å². The summed E-state index contributed by atoms with van der Waals surface area (Å²) in [5.41, 5.74) is 6.30. The smallest absolute Gasteiger partial charge is 0.251 e. The third-order valence-corrected chi connectivity index (χ3v) is 3.63. The van der Waals surface area contributed by atoms with Crippen LogP contribution in [0.2, 0.25) is 0 Å². The van der Waals surface area contributed by atoms with Crippen molar-refractivity contribution in [1.29, 1.82) is 0 Å². The normalized spacial score (nSPS) is 17.9. The average Bonchev–Trinajstić information content (AvgIpc) is 2.33. The molecule has 0 radical (unpaired) electrons. The third-order valence-electron chi connectivity index (χ3n) is 3.43. The summed E-state index contributed by atoms with van der Waals surface area (Å²) in [5.74, 6) is -0.275. The molecule has 0 atom stereocenters. The predicted octanol–water partition coefficient (Wildman–Crippen LogP) is 0.266. The van der Waals surface area contributed by atoms with Gasteiger partial charge < -0.3 is 10.6 Å². The van der Waals surface area contributed by atoms with Crippen molar-refractivity contribution < 1.29 is 9.59 Å².